The van der Waals surface area contributed by atoms with Crippen LogP contribution in [0, 0.1) is 0 Å². The summed E-state index contributed by atoms with van der Waals surface area (Å²) in [4.78, 5) is 17.2. The number of aromatic nitrogens is 2. The number of rotatable bonds is 3. The summed E-state index contributed by atoms with van der Waals surface area (Å²) >= 11 is 0. The Morgan fingerprint density at radius 2 is 2.07 bits per heavy atom. The van der Waals surface area contributed by atoms with Crippen LogP contribution in [0.25, 0.3) is 0 Å². The molecule has 15 heavy (non-hydrogen) atoms. The molecule has 1 heterocycles. The van der Waals surface area contributed by atoms with E-state index in [4.69, 9.17) is 5.73 Å². The Kier molecular flexibility index (Phi) is 7.04. The minimum Gasteiger partial charge on any atom is -0.368 e. The molecule has 0 saturated carbocycles. The molecule has 0 aliphatic heterocycles. The van der Waals surface area contributed by atoms with E-state index in [1.165, 1.54) is 12.3 Å². The van der Waals surface area contributed by atoms with Crippen molar-refractivity contribution in [1.29, 1.82) is 0 Å². The lowest BCUT2D eigenvalue weighted by Crippen LogP contribution is -2.05. The molecular weight excluding hydrogens is 198 g/mol. The summed E-state index contributed by atoms with van der Waals surface area (Å²) in [7, 11) is 3.21. The van der Waals surface area contributed by atoms with E-state index in [0.717, 1.165) is 0 Å². The van der Waals surface area contributed by atoms with Gasteiger partial charge in [-0.15, -0.1) is 0 Å². The number of carbonyl (C=O) groups excluding carboxylic acids is 1. The van der Waals surface area contributed by atoms with Gasteiger partial charge in [0.15, 0.2) is 12.6 Å². The number of nitrogens with two attached hydrogens (primary N) is 1. The van der Waals surface area contributed by atoms with E-state index in [9.17, 15) is 4.79 Å². The SMILES string of the molecule is COC(C)OC.Nc1nccc(C=O)n1. The Labute approximate surface area is 88.4 Å². The number of anilines is 1. The van der Waals surface area contributed by atoms with E-state index in [2.05, 4.69) is 19.4 Å². The minimum atomic E-state index is -0.0648. The number of carbonyl (C=O) groups is 1. The summed E-state index contributed by atoms with van der Waals surface area (Å²) < 4.78 is 9.35. The molecule has 0 fully saturated rings. The van der Waals surface area contributed by atoms with Gasteiger partial charge in [0.2, 0.25) is 5.95 Å². The van der Waals surface area contributed by atoms with E-state index < -0.39 is 0 Å². The maximum atomic E-state index is 10.0. The zero-order valence-electron chi connectivity index (χ0n) is 9.01. The van der Waals surface area contributed by atoms with Crippen molar-refractivity contribution >= 4 is 12.2 Å². The molecule has 0 aliphatic rings. The number of methoxy groups -OCH3 is 2. The predicted octanol–water partition coefficient (Wildman–Crippen LogP) is 0.496. The second-order valence-corrected chi connectivity index (χ2v) is 2.50. The average molecular weight is 213 g/mol. The maximum absolute atomic E-state index is 10.0. The Morgan fingerprint density at radius 3 is 2.33 bits per heavy atom. The van der Waals surface area contributed by atoms with Gasteiger partial charge in [0.25, 0.3) is 0 Å². The normalized spacial score (nSPS) is 9.33. The summed E-state index contributed by atoms with van der Waals surface area (Å²) in [6, 6.07) is 1.49. The molecule has 0 atom stereocenters. The minimum absolute atomic E-state index is 0.0648. The second-order valence-electron chi connectivity index (χ2n) is 2.50. The molecule has 0 amide bonds. The van der Waals surface area contributed by atoms with Gasteiger partial charge in [-0.05, 0) is 13.0 Å². The first-order valence-electron chi connectivity index (χ1n) is 4.23. The van der Waals surface area contributed by atoms with Gasteiger partial charge >= 0.3 is 0 Å². The molecule has 1 aromatic rings. The highest BCUT2D eigenvalue weighted by Crippen LogP contribution is 1.90. The van der Waals surface area contributed by atoms with E-state index >= 15 is 0 Å². The number of hydrogen-bond acceptors (Lipinski definition) is 6. The largest absolute Gasteiger partial charge is 0.368 e. The quantitative estimate of drug-likeness (QED) is 0.581. The van der Waals surface area contributed by atoms with Crippen LogP contribution in [0.4, 0.5) is 5.95 Å². The van der Waals surface area contributed by atoms with Crippen molar-refractivity contribution in [1.82, 2.24) is 9.97 Å². The molecule has 6 nitrogen and oxygen atoms in total. The highest BCUT2D eigenvalue weighted by molar-refractivity contribution is 5.71. The van der Waals surface area contributed by atoms with Crippen LogP contribution >= 0.6 is 0 Å². The van der Waals surface area contributed by atoms with Gasteiger partial charge in [0, 0.05) is 20.4 Å². The summed E-state index contributed by atoms with van der Waals surface area (Å²) in [5.74, 6) is 0.125. The molecule has 1 aromatic heterocycles. The fraction of sp³-hybridized carbons (Fsp3) is 0.444. The van der Waals surface area contributed by atoms with Gasteiger partial charge in [0.05, 0.1) is 0 Å². The molecule has 6 heteroatoms. The van der Waals surface area contributed by atoms with Crippen LogP contribution in [0.15, 0.2) is 12.3 Å². The number of hydrogen-bond donors (Lipinski definition) is 1. The van der Waals surface area contributed by atoms with E-state index in [1.807, 2.05) is 6.92 Å². The molecule has 2 N–H and O–H groups in total. The summed E-state index contributed by atoms with van der Waals surface area (Å²) in [5.41, 5.74) is 5.46. The lowest BCUT2D eigenvalue weighted by atomic mass is 10.4. The van der Waals surface area contributed by atoms with E-state index in [1.54, 1.807) is 14.2 Å². The highest BCUT2D eigenvalue weighted by atomic mass is 16.7. The Hall–Kier alpha value is -1.53. The maximum Gasteiger partial charge on any atom is 0.220 e. The molecule has 0 aliphatic carbocycles. The van der Waals surface area contributed by atoms with Crippen LogP contribution in [-0.2, 0) is 9.47 Å². The van der Waals surface area contributed by atoms with E-state index in [-0.39, 0.29) is 12.2 Å². The van der Waals surface area contributed by atoms with Crippen molar-refractivity contribution in [3.63, 3.8) is 0 Å². The van der Waals surface area contributed by atoms with E-state index in [0.29, 0.717) is 12.0 Å². The predicted molar refractivity (Wildman–Crippen MR) is 55.3 cm³/mol. The molecule has 0 bridgehead atoms. The number of nitrogens with zero attached hydrogens (tertiary/aromatic N) is 2. The van der Waals surface area contributed by atoms with Crippen LogP contribution in [0.5, 0.6) is 0 Å². The van der Waals surface area contributed by atoms with Gasteiger partial charge in [-0.25, -0.2) is 9.97 Å². The fourth-order valence-electron chi connectivity index (χ4n) is 0.550. The van der Waals surface area contributed by atoms with Crippen molar-refractivity contribution in [2.45, 2.75) is 13.2 Å². The van der Waals surface area contributed by atoms with Crippen LogP contribution in [-0.4, -0.2) is 36.8 Å². The van der Waals surface area contributed by atoms with Crippen molar-refractivity contribution in [2.24, 2.45) is 0 Å². The highest BCUT2D eigenvalue weighted by Gasteiger charge is 1.89. The summed E-state index contributed by atoms with van der Waals surface area (Å²) in [5, 5.41) is 0. The molecule has 84 valence electrons. The van der Waals surface area contributed by atoms with Gasteiger partial charge in [-0.2, -0.15) is 0 Å². The van der Waals surface area contributed by atoms with Crippen molar-refractivity contribution in [3.05, 3.63) is 18.0 Å². The lowest BCUT2D eigenvalue weighted by Gasteiger charge is -2.03. The third-order valence-electron chi connectivity index (χ3n) is 1.48. The third-order valence-corrected chi connectivity index (χ3v) is 1.48. The standard InChI is InChI=1S/C5H5N3O.C4H10O2/c6-5-7-2-1-4(3-9)8-5;1-4(5-2)6-3/h1-3H,(H2,6,7,8);4H,1-3H3. The van der Waals surface area contributed by atoms with Crippen molar-refractivity contribution in [2.75, 3.05) is 20.0 Å². The second kappa shape index (κ2) is 7.84. The topological polar surface area (TPSA) is 87.3 Å². The first-order valence-corrected chi connectivity index (χ1v) is 4.23. The molecule has 0 spiro atoms. The average Bonchev–Trinajstić information content (AvgIpc) is 2.28. The van der Waals surface area contributed by atoms with Crippen LogP contribution in [0.2, 0.25) is 0 Å². The van der Waals surface area contributed by atoms with Crippen molar-refractivity contribution in [3.8, 4) is 0 Å². The number of nitrogen functional groups attached to an aromatic ring is 1. The summed E-state index contributed by atoms with van der Waals surface area (Å²) in [6.07, 6.45) is 1.99. The summed E-state index contributed by atoms with van der Waals surface area (Å²) in [6.45, 7) is 1.83. The first-order chi connectivity index (χ1) is 7.13. The molecular formula is C9H15N3O3. The molecule has 1 rings (SSSR count). The van der Waals surface area contributed by atoms with Gasteiger partial charge < -0.3 is 15.2 Å². The Bertz CT molecular complexity index is 290. The van der Waals surface area contributed by atoms with Crippen LogP contribution in [0.1, 0.15) is 17.4 Å². The fourth-order valence-corrected chi connectivity index (χ4v) is 0.550. The third kappa shape index (κ3) is 6.53. The smallest absolute Gasteiger partial charge is 0.220 e. The Balaban J connectivity index is 0.000000288. The monoisotopic (exact) mass is 213 g/mol. The number of ether oxygens (including phenoxy) is 2. The van der Waals surface area contributed by atoms with Gasteiger partial charge in [0.1, 0.15) is 5.69 Å². The molecule has 0 radical (unpaired) electrons. The van der Waals surface area contributed by atoms with Crippen LogP contribution < -0.4 is 5.73 Å². The zero-order chi connectivity index (χ0) is 11.7. The van der Waals surface area contributed by atoms with Gasteiger partial charge in [-0.1, -0.05) is 0 Å². The number of aldehydes is 1. The van der Waals surface area contributed by atoms with Gasteiger partial charge in [-0.3, -0.25) is 4.79 Å². The lowest BCUT2D eigenvalue weighted by molar-refractivity contribution is -0.0877. The van der Waals surface area contributed by atoms with Crippen molar-refractivity contribution < 1.29 is 14.3 Å². The molecule has 0 aromatic carbocycles. The Morgan fingerprint density at radius 1 is 1.47 bits per heavy atom. The molecule has 0 saturated heterocycles. The first kappa shape index (κ1) is 13.5. The zero-order valence-corrected chi connectivity index (χ0v) is 9.01. The molecule has 0 unspecified atom stereocenters. The van der Waals surface area contributed by atoms with Crippen LogP contribution in [0.3, 0.4) is 0 Å².